The van der Waals surface area contributed by atoms with Gasteiger partial charge in [0.2, 0.25) is 29.9 Å². The van der Waals surface area contributed by atoms with Crippen molar-refractivity contribution in [2.75, 3.05) is 166 Å². The van der Waals surface area contributed by atoms with Crippen molar-refractivity contribution in [1.82, 2.24) is 25.3 Å². The van der Waals surface area contributed by atoms with Crippen molar-refractivity contribution in [3.8, 4) is 11.5 Å². The molecule has 9 N–H and O–H groups in total. The predicted molar refractivity (Wildman–Crippen MR) is 449 cm³/mol. The third-order valence-corrected chi connectivity index (χ3v) is 23.6. The molecular formula is C83H103Cl2N9O25S2. The number of benzene rings is 5. The maximum atomic E-state index is 14.9. The molecule has 5 heterocycles. The van der Waals surface area contributed by atoms with Gasteiger partial charge in [0.25, 0.3) is 11.8 Å². The average molecular weight is 1760 g/mol. The van der Waals surface area contributed by atoms with Crippen LogP contribution < -0.4 is 41.0 Å². The number of halogens is 2. The summed E-state index contributed by atoms with van der Waals surface area (Å²) < 4.78 is 56.5. The summed E-state index contributed by atoms with van der Waals surface area (Å²) in [6, 6.07) is 25.3. The number of thiophene rings is 1. The van der Waals surface area contributed by atoms with Gasteiger partial charge in [-0.1, -0.05) is 74.5 Å². The van der Waals surface area contributed by atoms with E-state index in [1.807, 2.05) is 18.4 Å². The fourth-order valence-corrected chi connectivity index (χ4v) is 16.4. The van der Waals surface area contributed by atoms with E-state index in [0.717, 1.165) is 16.9 Å². The lowest BCUT2D eigenvalue weighted by molar-refractivity contribution is -0.270. The van der Waals surface area contributed by atoms with Crippen LogP contribution in [0.4, 0.5) is 31.4 Å². The summed E-state index contributed by atoms with van der Waals surface area (Å²) >= 11 is 15.6. The van der Waals surface area contributed by atoms with E-state index in [1.165, 1.54) is 56.4 Å². The number of thioether (sulfide) groups is 1. The molecule has 656 valence electrons. The maximum Gasteiger partial charge on any atom is 0.415 e. The number of aliphatic hydroxyl groups excluding tert-OH is 3. The van der Waals surface area contributed by atoms with Crippen molar-refractivity contribution in [3.05, 3.63) is 124 Å². The Kier molecular flexibility index (Phi) is 35.4. The molecule has 0 saturated carbocycles. The zero-order valence-corrected chi connectivity index (χ0v) is 70.9. The van der Waals surface area contributed by atoms with E-state index in [9.17, 15) is 73.2 Å². The first-order valence-corrected chi connectivity index (χ1v) is 42.8. The second-order valence-corrected chi connectivity index (χ2v) is 32.3. The molecule has 5 aromatic carbocycles. The van der Waals surface area contributed by atoms with Crippen LogP contribution in [0.2, 0.25) is 0 Å². The summed E-state index contributed by atoms with van der Waals surface area (Å²) in [5, 5.41) is 51.8. The number of carboxylic acids is 1. The molecule has 10 amide bonds. The van der Waals surface area contributed by atoms with Crippen LogP contribution in [0.3, 0.4) is 0 Å². The van der Waals surface area contributed by atoms with Gasteiger partial charge < -0.3 is 109 Å². The second kappa shape index (κ2) is 45.7. The molecule has 2 saturated heterocycles. The number of carbonyl (C=O) groups excluding carboxylic acids is 10. The minimum atomic E-state index is -1.96. The van der Waals surface area contributed by atoms with Crippen molar-refractivity contribution in [2.45, 2.75) is 106 Å². The van der Waals surface area contributed by atoms with Gasteiger partial charge in [-0.15, -0.1) is 34.5 Å². The van der Waals surface area contributed by atoms with E-state index in [-0.39, 0.29) is 172 Å². The highest BCUT2D eigenvalue weighted by molar-refractivity contribution is 8.00. The molecule has 6 aromatic rings. The first-order valence-electron chi connectivity index (χ1n) is 39.7. The van der Waals surface area contributed by atoms with Crippen molar-refractivity contribution in [3.63, 3.8) is 0 Å². The smallest absolute Gasteiger partial charge is 0.415 e. The van der Waals surface area contributed by atoms with Crippen molar-refractivity contribution < 1.29 is 121 Å². The number of fused-ring (bicyclic) bond motifs is 6. The number of nitrogens with one attached hydrogen (secondary N) is 3. The summed E-state index contributed by atoms with van der Waals surface area (Å²) in [6.45, 7) is 7.57. The Morgan fingerprint density at radius 2 is 1.17 bits per heavy atom. The number of alkyl halides is 2. The van der Waals surface area contributed by atoms with Gasteiger partial charge in [0, 0.05) is 124 Å². The van der Waals surface area contributed by atoms with Gasteiger partial charge in [0.15, 0.2) is 11.9 Å². The van der Waals surface area contributed by atoms with Gasteiger partial charge in [0.05, 0.1) is 118 Å². The van der Waals surface area contributed by atoms with Crippen LogP contribution in [-0.2, 0) is 73.3 Å². The van der Waals surface area contributed by atoms with Crippen molar-refractivity contribution in [2.24, 2.45) is 17.6 Å². The summed E-state index contributed by atoms with van der Waals surface area (Å²) in [7, 11) is 2.99. The number of anilines is 3. The van der Waals surface area contributed by atoms with Gasteiger partial charge in [-0.05, 0) is 76.7 Å². The van der Waals surface area contributed by atoms with Crippen LogP contribution in [0.25, 0.3) is 21.5 Å². The zero-order chi connectivity index (χ0) is 87.0. The number of nitrogens with zero attached hydrogens (tertiary/aromatic N) is 5. The molecule has 1 aromatic heterocycles. The summed E-state index contributed by atoms with van der Waals surface area (Å²) in [4.78, 5) is 153. The number of amides is 10. The lowest BCUT2D eigenvalue weighted by atomic mass is 9.89. The Labute approximate surface area is 717 Å². The first-order chi connectivity index (χ1) is 58.2. The molecule has 4 aliphatic heterocycles. The monoisotopic (exact) mass is 1760 g/mol. The van der Waals surface area contributed by atoms with Crippen LogP contribution in [0.1, 0.15) is 93.8 Å². The van der Waals surface area contributed by atoms with E-state index in [0.29, 0.717) is 109 Å². The maximum absolute atomic E-state index is 14.9. The third kappa shape index (κ3) is 24.8. The quantitative estimate of drug-likeness (QED) is 0.0107. The van der Waals surface area contributed by atoms with Crippen LogP contribution in [0.15, 0.2) is 97.1 Å². The van der Waals surface area contributed by atoms with Gasteiger partial charge in [-0.2, -0.15) is 11.8 Å². The fourth-order valence-electron chi connectivity index (χ4n) is 14.3. The number of Topliss-reactive ketones (excluding diaryl/α,β-unsaturated/α-hetero) is 1. The standard InChI is InChI=1S/C83H103Cl2N9O25S2/c1-48(2)70(89-66(96)22-27-110-29-31-112-33-35-114-37-38-115-36-34-113-32-30-111-28-26-92-67(97)42-65(120-5)78(92)104)60(95)39-50(11-10-23-87-81(86)107)75(101)88-53-18-16-49(17-19-53)47-116-82(108)90(3)24-25-91(4)83(109)118-62-41-59-69(57-15-9-7-13-55(57)62)52(44-85)46-94(59)77(103)64-21-20-63(121-64)76(102)93-45-51(43-84)68-56-14-8-6-12-54(56)61(40-58(68)93)117-80-73(100)71(98)72(99)74(119-80)79(105)106/h6-9,12-21,40-41,48,50-52,65,70-74,80,98-100H,10-11,22-39,42-47H2,1-5H3,(H,88,101)(H,89,96)(H,105,106)(H3,86,87,107)/t50-,51-,52-,65?,70+,71+,72+,73?,74?,80-/m1/s1. The highest BCUT2D eigenvalue weighted by atomic mass is 35.5. The van der Waals surface area contributed by atoms with Gasteiger partial charge >= 0.3 is 24.2 Å². The third-order valence-electron chi connectivity index (χ3n) is 20.8. The molecule has 0 aliphatic carbocycles. The molecule has 4 aliphatic rings. The number of likely N-dealkylation sites (tertiary alicyclic amines) is 1. The second-order valence-electron chi connectivity index (χ2n) is 29.5. The first kappa shape index (κ1) is 93.9. The molecule has 34 nitrogen and oxygen atoms in total. The number of carbonyl (C=O) groups is 11. The Balaban J connectivity index is 0.647. The molecule has 0 spiro atoms. The lowest BCUT2D eigenvalue weighted by Crippen LogP contribution is -2.61. The molecule has 0 radical (unpaired) electrons. The number of aliphatic hydroxyl groups is 3. The Hall–Kier alpha value is -9.38. The number of carboxylic acid groups (broad SMARTS) is 1. The Morgan fingerprint density at radius 3 is 1.69 bits per heavy atom. The van der Waals surface area contributed by atoms with Crippen LogP contribution >= 0.6 is 46.3 Å². The van der Waals surface area contributed by atoms with Gasteiger partial charge in [-0.3, -0.25) is 38.5 Å². The number of ether oxygens (including phenoxy) is 10. The zero-order valence-electron chi connectivity index (χ0n) is 67.7. The van der Waals surface area contributed by atoms with E-state index >= 15 is 0 Å². The number of imide groups is 1. The SMILES string of the molecule is CSC1CC(=O)N(CCOCCOCCOCCOCCOCCOCCC(=O)N[C@H](C(=O)C[C@@H](CCCNC(N)=O)C(=O)Nc2ccc(COC(=O)N(C)CCN(C)C(=O)Oc3cc4c(c5ccccc35)[C@H](CCl)CN4C(=O)c3ccc(C(=O)N4C[C@@H](CCl)c5c4cc(O[C@@H]4OC(C(=O)O)[C@@H](O)[C@H](O)C4O)c4ccccc54)s3)cc2)C(C)C)C1=O. The van der Waals surface area contributed by atoms with Crippen molar-refractivity contribution >= 4 is 150 Å². The fraction of sp³-hybridized carbons (Fsp3) is 0.506. The van der Waals surface area contributed by atoms with Gasteiger partial charge in [0.1, 0.15) is 36.4 Å². The van der Waals surface area contributed by atoms with Crippen LogP contribution in [-0.4, -0.2) is 293 Å². The largest absolute Gasteiger partial charge is 0.479 e. The molecule has 0 bridgehead atoms. The molecule has 38 heteroatoms. The lowest BCUT2D eigenvalue weighted by Gasteiger charge is -2.38. The molecule has 121 heavy (non-hydrogen) atoms. The Morgan fingerprint density at radius 1 is 0.661 bits per heavy atom. The number of nitrogens with two attached hydrogens (primary N) is 1. The number of hydrogen-bond acceptors (Lipinski definition) is 26. The number of aliphatic carboxylic acids is 1. The number of primary amides is 1. The van der Waals surface area contributed by atoms with Crippen LogP contribution in [0.5, 0.6) is 11.5 Å². The van der Waals surface area contributed by atoms with E-state index in [1.54, 1.807) is 92.7 Å². The van der Waals surface area contributed by atoms with Gasteiger partial charge in [-0.25, -0.2) is 19.2 Å². The number of likely N-dealkylation sites (N-methyl/N-ethyl adjacent to an activating group) is 2. The van der Waals surface area contributed by atoms with E-state index in [4.69, 9.17) is 76.3 Å². The number of hydrogen-bond donors (Lipinski definition) is 8. The number of urea groups is 1. The Bertz CT molecular complexity index is 4620. The molecule has 2 fully saturated rings. The highest BCUT2D eigenvalue weighted by Crippen LogP contribution is 2.49. The van der Waals surface area contributed by atoms with Crippen LogP contribution in [0, 0.1) is 11.8 Å². The topological polar surface area (TPSA) is 439 Å². The minimum Gasteiger partial charge on any atom is -0.479 e. The molecule has 10 rings (SSSR count). The molecular weight excluding hydrogens is 1660 g/mol. The summed E-state index contributed by atoms with van der Waals surface area (Å²) in [5.41, 5.74) is 8.50. The summed E-state index contributed by atoms with van der Waals surface area (Å²) in [5.74, 6) is -5.66. The summed E-state index contributed by atoms with van der Waals surface area (Å²) in [6.07, 6.45) is -8.68. The minimum absolute atomic E-state index is 0.00249. The average Bonchev–Trinajstić information content (AvgIpc) is 1.62. The number of ketones is 1. The van der Waals surface area contributed by atoms with E-state index in [2.05, 4.69) is 16.0 Å². The molecule has 3 unspecified atom stereocenters. The molecule has 10 atom stereocenters. The normalized spacial score (nSPS) is 19.2. The highest BCUT2D eigenvalue weighted by Gasteiger charge is 2.49. The number of rotatable bonds is 46. The predicted octanol–water partition coefficient (Wildman–Crippen LogP) is 7.07. The van der Waals surface area contributed by atoms with Crippen molar-refractivity contribution in [1.29, 1.82) is 0 Å². The van der Waals surface area contributed by atoms with E-state index < -0.39 is 90.5 Å².